The van der Waals surface area contributed by atoms with E-state index in [1.54, 1.807) is 0 Å². The molecule has 14 heavy (non-hydrogen) atoms. The SMILES string of the molecule is COc1c([N+](=O)[O-])cccc1[N+](=O)[O-]. The van der Waals surface area contributed by atoms with Crippen molar-refractivity contribution in [3.63, 3.8) is 0 Å². The number of nitro groups is 2. The summed E-state index contributed by atoms with van der Waals surface area (Å²) in [6, 6.07) is 3.52. The van der Waals surface area contributed by atoms with E-state index in [9.17, 15) is 20.2 Å². The molecule has 1 aromatic rings. The maximum absolute atomic E-state index is 10.5. The Morgan fingerprint density at radius 1 is 1.14 bits per heavy atom. The van der Waals surface area contributed by atoms with Gasteiger partial charge in [0, 0.05) is 12.1 Å². The lowest BCUT2D eigenvalue weighted by atomic mass is 10.2. The van der Waals surface area contributed by atoms with Crippen LogP contribution in [0.2, 0.25) is 0 Å². The minimum absolute atomic E-state index is 0.331. The quantitative estimate of drug-likeness (QED) is 0.541. The first-order valence-corrected chi connectivity index (χ1v) is 3.53. The molecule has 0 heterocycles. The molecule has 74 valence electrons. The predicted octanol–water partition coefficient (Wildman–Crippen LogP) is 1.51. The Balaban J connectivity index is 3.39. The van der Waals surface area contributed by atoms with E-state index in [1.165, 1.54) is 6.07 Å². The number of nitrogens with zero attached hydrogens (tertiary/aromatic N) is 2. The van der Waals surface area contributed by atoms with Crippen LogP contribution in [0.5, 0.6) is 5.75 Å². The average Bonchev–Trinajstić information content (AvgIpc) is 2.16. The van der Waals surface area contributed by atoms with E-state index in [0.29, 0.717) is 0 Å². The number of hydrogen-bond donors (Lipinski definition) is 0. The van der Waals surface area contributed by atoms with Gasteiger partial charge in [-0.2, -0.15) is 0 Å². The summed E-state index contributed by atoms with van der Waals surface area (Å²) in [7, 11) is 1.15. The summed E-state index contributed by atoms with van der Waals surface area (Å²) in [5, 5.41) is 20.9. The highest BCUT2D eigenvalue weighted by Gasteiger charge is 2.25. The van der Waals surface area contributed by atoms with E-state index in [4.69, 9.17) is 0 Å². The average molecular weight is 198 g/mol. The van der Waals surface area contributed by atoms with Crippen LogP contribution in [0.25, 0.3) is 0 Å². The molecule has 0 N–H and O–H groups in total. The normalized spacial score (nSPS) is 9.50. The van der Waals surface area contributed by atoms with E-state index >= 15 is 0 Å². The third-order valence-electron chi connectivity index (χ3n) is 1.57. The van der Waals surface area contributed by atoms with Crippen molar-refractivity contribution < 1.29 is 14.6 Å². The first-order chi connectivity index (χ1) is 6.57. The second-order valence-electron chi connectivity index (χ2n) is 2.34. The van der Waals surface area contributed by atoms with Gasteiger partial charge < -0.3 is 4.74 Å². The Morgan fingerprint density at radius 2 is 1.57 bits per heavy atom. The van der Waals surface area contributed by atoms with E-state index in [0.717, 1.165) is 19.2 Å². The fourth-order valence-corrected chi connectivity index (χ4v) is 1.01. The summed E-state index contributed by atoms with van der Waals surface area (Å²) in [6.07, 6.45) is 0. The number of rotatable bonds is 3. The highest BCUT2D eigenvalue weighted by molar-refractivity contribution is 5.59. The fraction of sp³-hybridized carbons (Fsp3) is 0.143. The standard InChI is InChI=1S/C7H6N2O5/c1-14-7-5(8(10)11)3-2-4-6(7)9(12)13/h2-4H,1H3. The van der Waals surface area contributed by atoms with Crippen molar-refractivity contribution in [3.8, 4) is 5.75 Å². The van der Waals surface area contributed by atoms with Crippen LogP contribution < -0.4 is 4.74 Å². The number of nitro benzene ring substituents is 2. The number of hydrogen-bond acceptors (Lipinski definition) is 5. The summed E-state index contributed by atoms with van der Waals surface area (Å²) < 4.78 is 4.62. The lowest BCUT2D eigenvalue weighted by Gasteiger charge is -2.01. The van der Waals surface area contributed by atoms with Gasteiger partial charge in [-0.3, -0.25) is 20.2 Å². The molecule has 0 saturated carbocycles. The molecular weight excluding hydrogens is 192 g/mol. The van der Waals surface area contributed by atoms with Gasteiger partial charge in [-0.15, -0.1) is 0 Å². The number of methoxy groups -OCH3 is 1. The molecule has 0 aliphatic rings. The Hall–Kier alpha value is -2.18. The molecule has 0 aromatic heterocycles. The van der Waals surface area contributed by atoms with Crippen molar-refractivity contribution in [1.82, 2.24) is 0 Å². The molecule has 0 amide bonds. The number of ether oxygens (including phenoxy) is 1. The van der Waals surface area contributed by atoms with Gasteiger partial charge in [-0.05, 0) is 6.07 Å². The largest absolute Gasteiger partial charge is 0.485 e. The van der Waals surface area contributed by atoms with Crippen LogP contribution >= 0.6 is 0 Å². The molecule has 0 radical (unpaired) electrons. The minimum atomic E-state index is -0.730. The van der Waals surface area contributed by atoms with Gasteiger partial charge in [0.05, 0.1) is 17.0 Å². The molecule has 0 saturated heterocycles. The topological polar surface area (TPSA) is 95.5 Å². The highest BCUT2D eigenvalue weighted by Crippen LogP contribution is 2.35. The zero-order valence-electron chi connectivity index (χ0n) is 7.17. The zero-order chi connectivity index (χ0) is 10.7. The summed E-state index contributed by atoms with van der Waals surface area (Å²) in [5.41, 5.74) is -0.830. The molecule has 7 heteroatoms. The van der Waals surface area contributed by atoms with Crippen molar-refractivity contribution in [2.45, 2.75) is 0 Å². The van der Waals surface area contributed by atoms with Crippen molar-refractivity contribution >= 4 is 11.4 Å². The third kappa shape index (κ3) is 1.60. The summed E-state index contributed by atoms with van der Waals surface area (Å²) in [4.78, 5) is 19.5. The smallest absolute Gasteiger partial charge is 0.318 e. The first-order valence-electron chi connectivity index (χ1n) is 3.53. The molecule has 7 nitrogen and oxygen atoms in total. The van der Waals surface area contributed by atoms with Crippen molar-refractivity contribution in [2.24, 2.45) is 0 Å². The first kappa shape index (κ1) is 9.90. The lowest BCUT2D eigenvalue weighted by Crippen LogP contribution is -1.98. The van der Waals surface area contributed by atoms with Crippen LogP contribution in [-0.4, -0.2) is 17.0 Å². The Labute approximate surface area is 78.2 Å². The molecule has 0 atom stereocenters. The summed E-state index contributed by atoms with van der Waals surface area (Å²) in [5.74, 6) is -0.331. The van der Waals surface area contributed by atoms with E-state index < -0.39 is 21.2 Å². The van der Waals surface area contributed by atoms with E-state index in [1.807, 2.05) is 0 Å². The zero-order valence-corrected chi connectivity index (χ0v) is 7.17. The Morgan fingerprint density at radius 3 is 1.86 bits per heavy atom. The lowest BCUT2D eigenvalue weighted by molar-refractivity contribution is -0.395. The maximum atomic E-state index is 10.5. The molecule has 0 aliphatic heterocycles. The van der Waals surface area contributed by atoms with E-state index in [2.05, 4.69) is 4.74 Å². The molecule has 0 unspecified atom stereocenters. The maximum Gasteiger partial charge on any atom is 0.318 e. The van der Waals surface area contributed by atoms with Gasteiger partial charge in [0.25, 0.3) is 5.75 Å². The molecule has 1 aromatic carbocycles. The van der Waals surface area contributed by atoms with Crippen molar-refractivity contribution in [3.05, 3.63) is 38.4 Å². The highest BCUT2D eigenvalue weighted by atomic mass is 16.6. The van der Waals surface area contributed by atoms with Gasteiger partial charge in [0.2, 0.25) is 0 Å². The fourth-order valence-electron chi connectivity index (χ4n) is 1.01. The van der Waals surface area contributed by atoms with Crippen molar-refractivity contribution in [1.29, 1.82) is 0 Å². The van der Waals surface area contributed by atoms with Crippen LogP contribution in [-0.2, 0) is 0 Å². The molecular formula is C7H6N2O5. The van der Waals surface area contributed by atoms with Crippen LogP contribution in [0.15, 0.2) is 18.2 Å². The molecule has 0 spiro atoms. The van der Waals surface area contributed by atoms with Crippen LogP contribution in [0, 0.1) is 20.2 Å². The van der Waals surface area contributed by atoms with Crippen molar-refractivity contribution in [2.75, 3.05) is 7.11 Å². The van der Waals surface area contributed by atoms with Crippen LogP contribution in [0.4, 0.5) is 11.4 Å². The van der Waals surface area contributed by atoms with Gasteiger partial charge in [-0.25, -0.2) is 0 Å². The van der Waals surface area contributed by atoms with Gasteiger partial charge in [-0.1, -0.05) is 0 Å². The second kappa shape index (κ2) is 3.69. The minimum Gasteiger partial charge on any atom is -0.485 e. The molecule has 1 rings (SSSR count). The second-order valence-corrected chi connectivity index (χ2v) is 2.34. The third-order valence-corrected chi connectivity index (χ3v) is 1.57. The van der Waals surface area contributed by atoms with E-state index in [-0.39, 0.29) is 5.75 Å². The molecule has 0 bridgehead atoms. The van der Waals surface area contributed by atoms with Gasteiger partial charge in [0.15, 0.2) is 0 Å². The summed E-state index contributed by atoms with van der Waals surface area (Å²) in [6.45, 7) is 0. The predicted molar refractivity (Wildman–Crippen MR) is 46.3 cm³/mol. The Bertz CT molecular complexity index is 357. The van der Waals surface area contributed by atoms with Crippen LogP contribution in [0.3, 0.4) is 0 Å². The van der Waals surface area contributed by atoms with Gasteiger partial charge >= 0.3 is 11.4 Å². The number of benzene rings is 1. The Kier molecular flexibility index (Phi) is 2.61. The number of para-hydroxylation sites is 1. The molecule has 0 aliphatic carbocycles. The van der Waals surface area contributed by atoms with Crippen LogP contribution in [0.1, 0.15) is 0 Å². The summed E-state index contributed by atoms with van der Waals surface area (Å²) >= 11 is 0. The molecule has 0 fully saturated rings. The monoisotopic (exact) mass is 198 g/mol. The van der Waals surface area contributed by atoms with Gasteiger partial charge in [0.1, 0.15) is 0 Å².